The fourth-order valence-electron chi connectivity index (χ4n) is 1.33. The minimum Gasteiger partial charge on any atom is -0.385 e. The van der Waals surface area contributed by atoms with E-state index in [0.29, 0.717) is 11.6 Å². The molecule has 80 valence electrons. The predicted octanol–water partition coefficient (Wildman–Crippen LogP) is 3.25. The molecule has 0 fully saturated rings. The molecule has 0 aromatic carbocycles. The van der Waals surface area contributed by atoms with Crippen LogP contribution < -0.4 is 0 Å². The first-order chi connectivity index (χ1) is 6.70. The lowest BCUT2D eigenvalue weighted by Crippen LogP contribution is -2.20. The van der Waals surface area contributed by atoms with Gasteiger partial charge in [0.25, 0.3) is 0 Å². The molecule has 0 saturated heterocycles. The lowest BCUT2D eigenvalue weighted by Gasteiger charge is -2.20. The molecular formula is C10H15ClO2S. The summed E-state index contributed by atoms with van der Waals surface area (Å²) in [6.07, 6.45) is 0.0204. The van der Waals surface area contributed by atoms with Crippen LogP contribution in [-0.2, 0) is 4.74 Å². The number of rotatable bonds is 5. The first-order valence-corrected chi connectivity index (χ1v) is 5.99. The van der Waals surface area contributed by atoms with Gasteiger partial charge < -0.3 is 9.84 Å². The Bertz CT molecular complexity index is 275. The van der Waals surface area contributed by atoms with Gasteiger partial charge in [-0.25, -0.2) is 0 Å². The molecule has 0 bridgehead atoms. The molecule has 0 aliphatic carbocycles. The van der Waals surface area contributed by atoms with E-state index in [4.69, 9.17) is 16.3 Å². The Kier molecular flexibility index (Phi) is 4.89. The maximum absolute atomic E-state index is 9.98. The van der Waals surface area contributed by atoms with Crippen molar-refractivity contribution in [1.82, 2.24) is 0 Å². The SMILES string of the molecule is CCOC(CC)C(O)c1sccc1Cl. The molecule has 0 radical (unpaired) electrons. The van der Waals surface area contributed by atoms with Crippen LogP contribution in [0.2, 0.25) is 5.02 Å². The zero-order chi connectivity index (χ0) is 10.6. The fraction of sp³-hybridized carbons (Fsp3) is 0.600. The van der Waals surface area contributed by atoms with E-state index in [1.54, 1.807) is 6.07 Å². The highest BCUT2D eigenvalue weighted by Crippen LogP contribution is 2.32. The average molecular weight is 235 g/mol. The van der Waals surface area contributed by atoms with Gasteiger partial charge in [-0.2, -0.15) is 0 Å². The lowest BCUT2D eigenvalue weighted by molar-refractivity contribution is -0.0340. The van der Waals surface area contributed by atoms with Crippen molar-refractivity contribution < 1.29 is 9.84 Å². The van der Waals surface area contributed by atoms with Crippen LogP contribution in [0.5, 0.6) is 0 Å². The highest BCUT2D eigenvalue weighted by molar-refractivity contribution is 7.10. The van der Waals surface area contributed by atoms with E-state index in [1.165, 1.54) is 11.3 Å². The number of halogens is 1. The third-order valence-electron chi connectivity index (χ3n) is 2.05. The molecule has 1 aromatic heterocycles. The van der Waals surface area contributed by atoms with Gasteiger partial charge in [0.1, 0.15) is 6.10 Å². The number of hydrogen-bond acceptors (Lipinski definition) is 3. The largest absolute Gasteiger partial charge is 0.385 e. The van der Waals surface area contributed by atoms with Gasteiger partial charge in [-0.05, 0) is 24.8 Å². The molecule has 14 heavy (non-hydrogen) atoms. The molecule has 0 aliphatic rings. The van der Waals surface area contributed by atoms with Gasteiger partial charge in [0.2, 0.25) is 0 Å². The summed E-state index contributed by atoms with van der Waals surface area (Å²) in [5.74, 6) is 0. The van der Waals surface area contributed by atoms with Crippen LogP contribution in [0, 0.1) is 0 Å². The maximum Gasteiger partial charge on any atom is 0.116 e. The zero-order valence-corrected chi connectivity index (χ0v) is 9.94. The van der Waals surface area contributed by atoms with Crippen LogP contribution in [0.1, 0.15) is 31.2 Å². The van der Waals surface area contributed by atoms with Crippen molar-refractivity contribution in [2.75, 3.05) is 6.61 Å². The van der Waals surface area contributed by atoms with E-state index in [2.05, 4.69) is 0 Å². The van der Waals surface area contributed by atoms with Crippen molar-refractivity contribution in [1.29, 1.82) is 0 Å². The van der Waals surface area contributed by atoms with Gasteiger partial charge in [-0.1, -0.05) is 18.5 Å². The Morgan fingerprint density at radius 2 is 2.29 bits per heavy atom. The Morgan fingerprint density at radius 3 is 2.71 bits per heavy atom. The van der Waals surface area contributed by atoms with Gasteiger partial charge in [0.05, 0.1) is 16.0 Å². The minimum absolute atomic E-state index is 0.156. The summed E-state index contributed by atoms with van der Waals surface area (Å²) in [7, 11) is 0. The molecule has 0 amide bonds. The second kappa shape index (κ2) is 5.71. The number of ether oxygens (including phenoxy) is 1. The van der Waals surface area contributed by atoms with E-state index in [9.17, 15) is 5.11 Å². The minimum atomic E-state index is -0.604. The molecule has 1 N–H and O–H groups in total. The van der Waals surface area contributed by atoms with Crippen LogP contribution >= 0.6 is 22.9 Å². The summed E-state index contributed by atoms with van der Waals surface area (Å²) >= 11 is 7.40. The second-order valence-corrected chi connectivity index (χ2v) is 4.33. The van der Waals surface area contributed by atoms with Crippen molar-refractivity contribution >= 4 is 22.9 Å². The molecule has 0 spiro atoms. The van der Waals surface area contributed by atoms with Crippen molar-refractivity contribution in [3.8, 4) is 0 Å². The molecule has 2 unspecified atom stereocenters. The van der Waals surface area contributed by atoms with Gasteiger partial charge in [0.15, 0.2) is 0 Å². The smallest absolute Gasteiger partial charge is 0.116 e. The second-order valence-electron chi connectivity index (χ2n) is 2.98. The van der Waals surface area contributed by atoms with Gasteiger partial charge >= 0.3 is 0 Å². The maximum atomic E-state index is 9.98. The predicted molar refractivity (Wildman–Crippen MR) is 60.0 cm³/mol. The quantitative estimate of drug-likeness (QED) is 0.848. The van der Waals surface area contributed by atoms with Gasteiger partial charge in [-0.15, -0.1) is 11.3 Å². The summed E-state index contributed by atoms with van der Waals surface area (Å²) in [4.78, 5) is 0.798. The normalized spacial score (nSPS) is 15.4. The third kappa shape index (κ3) is 2.70. The van der Waals surface area contributed by atoms with E-state index in [-0.39, 0.29) is 6.10 Å². The number of aliphatic hydroxyl groups excluding tert-OH is 1. The molecule has 4 heteroatoms. The van der Waals surface area contributed by atoms with Crippen molar-refractivity contribution in [2.24, 2.45) is 0 Å². The van der Waals surface area contributed by atoms with E-state index >= 15 is 0 Å². The van der Waals surface area contributed by atoms with Gasteiger partial charge in [-0.3, -0.25) is 0 Å². The van der Waals surface area contributed by atoms with Crippen molar-refractivity contribution in [3.05, 3.63) is 21.3 Å². The third-order valence-corrected chi connectivity index (χ3v) is 3.48. The molecule has 2 nitrogen and oxygen atoms in total. The zero-order valence-electron chi connectivity index (χ0n) is 8.37. The van der Waals surface area contributed by atoms with Crippen LogP contribution in [0.4, 0.5) is 0 Å². The topological polar surface area (TPSA) is 29.5 Å². The summed E-state index contributed by atoms with van der Waals surface area (Å²) in [6, 6.07) is 1.80. The monoisotopic (exact) mass is 234 g/mol. The highest BCUT2D eigenvalue weighted by Gasteiger charge is 2.22. The summed E-state index contributed by atoms with van der Waals surface area (Å²) in [6.45, 7) is 4.52. The average Bonchev–Trinajstić information content (AvgIpc) is 2.59. The first kappa shape index (κ1) is 12.0. The molecule has 0 saturated carbocycles. The van der Waals surface area contributed by atoms with Crippen LogP contribution in [-0.4, -0.2) is 17.8 Å². The Morgan fingerprint density at radius 1 is 1.57 bits per heavy atom. The molecule has 1 aromatic rings. The van der Waals surface area contributed by atoms with E-state index in [1.807, 2.05) is 19.2 Å². The standard InChI is InChI=1S/C10H15ClO2S/c1-3-8(13-4-2)9(12)10-7(11)5-6-14-10/h5-6,8-9,12H,3-4H2,1-2H3. The van der Waals surface area contributed by atoms with Crippen LogP contribution in [0.25, 0.3) is 0 Å². The Hall–Kier alpha value is -0.0900. The highest BCUT2D eigenvalue weighted by atomic mass is 35.5. The Labute approximate surface area is 93.5 Å². The van der Waals surface area contributed by atoms with E-state index < -0.39 is 6.10 Å². The number of hydrogen-bond donors (Lipinski definition) is 1. The number of aliphatic hydroxyl groups is 1. The number of thiophene rings is 1. The molecular weight excluding hydrogens is 220 g/mol. The lowest BCUT2D eigenvalue weighted by atomic mass is 10.1. The van der Waals surface area contributed by atoms with Crippen LogP contribution in [0.15, 0.2) is 11.4 Å². The van der Waals surface area contributed by atoms with Crippen molar-refractivity contribution in [2.45, 2.75) is 32.5 Å². The van der Waals surface area contributed by atoms with Gasteiger partial charge in [0, 0.05) is 6.61 Å². The molecule has 2 atom stereocenters. The molecule has 0 aliphatic heterocycles. The first-order valence-electron chi connectivity index (χ1n) is 4.73. The van der Waals surface area contributed by atoms with Crippen molar-refractivity contribution in [3.63, 3.8) is 0 Å². The molecule has 1 rings (SSSR count). The fourth-order valence-corrected chi connectivity index (χ4v) is 2.54. The molecule has 1 heterocycles. The van der Waals surface area contributed by atoms with Crippen LogP contribution in [0.3, 0.4) is 0 Å². The summed E-state index contributed by atoms with van der Waals surface area (Å²) in [5.41, 5.74) is 0. The van der Waals surface area contributed by atoms with E-state index in [0.717, 1.165) is 11.3 Å². The summed E-state index contributed by atoms with van der Waals surface area (Å²) in [5, 5.41) is 12.5. The summed E-state index contributed by atoms with van der Waals surface area (Å²) < 4.78 is 5.43. The Balaban J connectivity index is 2.72.